The second kappa shape index (κ2) is 2.54. The van der Waals surface area contributed by atoms with Crippen LogP contribution in [0.25, 0.3) is 0 Å². The van der Waals surface area contributed by atoms with Crippen molar-refractivity contribution in [2.75, 3.05) is 0 Å². The van der Waals surface area contributed by atoms with Crippen molar-refractivity contribution in [1.82, 2.24) is 0 Å². The number of alkyl halides is 1. The van der Waals surface area contributed by atoms with E-state index < -0.39 is 18.2 Å². The molecule has 0 aromatic heterocycles. The molecule has 0 unspecified atom stereocenters. The van der Waals surface area contributed by atoms with Gasteiger partial charge in [-0.1, -0.05) is 0 Å². The molecule has 10 heavy (non-hydrogen) atoms. The normalized spacial score (nSPS) is 40.0. The third kappa shape index (κ3) is 1.26. The monoisotopic (exact) mass is 148 g/mol. The highest BCUT2D eigenvalue weighted by Crippen LogP contribution is 2.22. The Kier molecular flexibility index (Phi) is 1.89. The van der Waals surface area contributed by atoms with Crippen LogP contribution in [0.2, 0.25) is 0 Å². The zero-order chi connectivity index (χ0) is 7.72. The quantitative estimate of drug-likeness (QED) is 0.591. The maximum Gasteiger partial charge on any atom is 0.335 e. The first-order valence-corrected chi connectivity index (χ1v) is 3.13. The minimum Gasteiger partial charge on any atom is -0.479 e. The Morgan fingerprint density at radius 2 is 2.40 bits per heavy atom. The van der Waals surface area contributed by atoms with Gasteiger partial charge in [-0.3, -0.25) is 0 Å². The third-order valence-corrected chi connectivity index (χ3v) is 1.51. The second-order valence-corrected chi connectivity index (χ2v) is 2.46. The molecule has 0 aromatic carbocycles. The number of hydrogen-bond acceptors (Lipinski definition) is 2. The van der Waals surface area contributed by atoms with Gasteiger partial charge in [-0.2, -0.15) is 0 Å². The standard InChI is InChI=1S/C6H9FO3/c1-3-2-4(7)5(10-3)6(8)9/h3-5H,2H2,1H3,(H,8,9)/t3-,4-,5+/m1/s1. The van der Waals surface area contributed by atoms with Crippen molar-refractivity contribution in [3.63, 3.8) is 0 Å². The van der Waals surface area contributed by atoms with Gasteiger partial charge in [0.15, 0.2) is 6.10 Å². The van der Waals surface area contributed by atoms with E-state index in [1.807, 2.05) is 0 Å². The van der Waals surface area contributed by atoms with E-state index in [9.17, 15) is 9.18 Å². The van der Waals surface area contributed by atoms with Crippen LogP contribution in [-0.2, 0) is 9.53 Å². The van der Waals surface area contributed by atoms with Crippen LogP contribution < -0.4 is 0 Å². The first kappa shape index (κ1) is 7.47. The third-order valence-electron chi connectivity index (χ3n) is 1.51. The molecule has 1 aliphatic rings. The second-order valence-electron chi connectivity index (χ2n) is 2.46. The average Bonchev–Trinajstić information content (AvgIpc) is 2.10. The summed E-state index contributed by atoms with van der Waals surface area (Å²) in [6, 6.07) is 0. The van der Waals surface area contributed by atoms with Gasteiger partial charge in [-0.15, -0.1) is 0 Å². The molecular formula is C6H9FO3. The molecule has 3 atom stereocenters. The molecule has 0 aliphatic carbocycles. The van der Waals surface area contributed by atoms with Crippen LogP contribution in [0.1, 0.15) is 13.3 Å². The molecule has 0 bridgehead atoms. The highest BCUT2D eigenvalue weighted by atomic mass is 19.1. The van der Waals surface area contributed by atoms with Crippen molar-refractivity contribution < 1.29 is 19.0 Å². The summed E-state index contributed by atoms with van der Waals surface area (Å²) in [5.74, 6) is -1.21. The number of ether oxygens (including phenoxy) is 1. The smallest absolute Gasteiger partial charge is 0.335 e. The van der Waals surface area contributed by atoms with E-state index in [0.717, 1.165) is 0 Å². The molecule has 58 valence electrons. The molecule has 1 rings (SSSR count). The fourth-order valence-electron chi connectivity index (χ4n) is 1.04. The number of halogens is 1. The first-order chi connectivity index (χ1) is 4.61. The van der Waals surface area contributed by atoms with Gasteiger partial charge >= 0.3 is 5.97 Å². The fraction of sp³-hybridized carbons (Fsp3) is 0.833. The van der Waals surface area contributed by atoms with Crippen molar-refractivity contribution >= 4 is 5.97 Å². The molecule has 0 spiro atoms. The molecule has 1 aliphatic heterocycles. The Bertz CT molecular complexity index is 148. The van der Waals surface area contributed by atoms with Gasteiger partial charge in [0.1, 0.15) is 6.17 Å². The van der Waals surface area contributed by atoms with E-state index in [-0.39, 0.29) is 12.5 Å². The highest BCUT2D eigenvalue weighted by molar-refractivity contribution is 5.73. The first-order valence-electron chi connectivity index (χ1n) is 3.13. The largest absolute Gasteiger partial charge is 0.479 e. The van der Waals surface area contributed by atoms with Crippen molar-refractivity contribution in [3.8, 4) is 0 Å². The summed E-state index contributed by atoms with van der Waals surface area (Å²) >= 11 is 0. The maximum atomic E-state index is 12.6. The van der Waals surface area contributed by atoms with Crippen molar-refractivity contribution in [2.45, 2.75) is 31.7 Å². The van der Waals surface area contributed by atoms with Gasteiger partial charge in [-0.25, -0.2) is 9.18 Å². The maximum absolute atomic E-state index is 12.6. The van der Waals surface area contributed by atoms with E-state index in [0.29, 0.717) is 0 Å². The van der Waals surface area contributed by atoms with E-state index in [1.165, 1.54) is 0 Å². The van der Waals surface area contributed by atoms with E-state index >= 15 is 0 Å². The van der Waals surface area contributed by atoms with Gasteiger partial charge in [-0.05, 0) is 6.92 Å². The summed E-state index contributed by atoms with van der Waals surface area (Å²) < 4.78 is 17.3. The lowest BCUT2D eigenvalue weighted by Crippen LogP contribution is -2.27. The molecular weight excluding hydrogens is 139 g/mol. The Morgan fingerprint density at radius 1 is 1.80 bits per heavy atom. The van der Waals surface area contributed by atoms with Gasteiger partial charge < -0.3 is 9.84 Å². The Labute approximate surface area is 57.8 Å². The predicted molar refractivity (Wildman–Crippen MR) is 31.5 cm³/mol. The molecule has 0 saturated carbocycles. The predicted octanol–water partition coefficient (Wildman–Crippen LogP) is 0.587. The lowest BCUT2D eigenvalue weighted by Gasteiger charge is -2.05. The van der Waals surface area contributed by atoms with Crippen LogP contribution in [0.15, 0.2) is 0 Å². The summed E-state index contributed by atoms with van der Waals surface area (Å²) in [4.78, 5) is 10.2. The van der Waals surface area contributed by atoms with Crippen LogP contribution in [0.3, 0.4) is 0 Å². The van der Waals surface area contributed by atoms with Crippen molar-refractivity contribution in [3.05, 3.63) is 0 Å². The summed E-state index contributed by atoms with van der Waals surface area (Å²) in [6.45, 7) is 1.66. The molecule has 0 amide bonds. The topological polar surface area (TPSA) is 46.5 Å². The van der Waals surface area contributed by atoms with E-state index in [4.69, 9.17) is 9.84 Å². The van der Waals surface area contributed by atoms with Gasteiger partial charge in [0.2, 0.25) is 0 Å². The van der Waals surface area contributed by atoms with Gasteiger partial charge in [0.05, 0.1) is 6.10 Å². The van der Waals surface area contributed by atoms with E-state index in [2.05, 4.69) is 0 Å². The fourth-order valence-corrected chi connectivity index (χ4v) is 1.04. The number of hydrogen-bond donors (Lipinski definition) is 1. The lowest BCUT2D eigenvalue weighted by molar-refractivity contribution is -0.151. The number of aliphatic carboxylic acids is 1. The number of carboxylic acids is 1. The minimum atomic E-state index is -1.34. The van der Waals surface area contributed by atoms with Crippen LogP contribution in [0.5, 0.6) is 0 Å². The van der Waals surface area contributed by atoms with Crippen LogP contribution in [0, 0.1) is 0 Å². The SMILES string of the molecule is C[C@@H]1C[C@@H](F)[C@@H](C(=O)O)O1. The molecule has 1 N–H and O–H groups in total. The summed E-state index contributed by atoms with van der Waals surface area (Å²) in [6.07, 6.45) is -2.66. The zero-order valence-electron chi connectivity index (χ0n) is 5.58. The van der Waals surface area contributed by atoms with Crippen LogP contribution in [0.4, 0.5) is 4.39 Å². The lowest BCUT2D eigenvalue weighted by atomic mass is 10.2. The molecule has 3 nitrogen and oxygen atoms in total. The van der Waals surface area contributed by atoms with E-state index in [1.54, 1.807) is 6.92 Å². The Hall–Kier alpha value is -0.640. The molecule has 0 aromatic rings. The molecule has 1 fully saturated rings. The van der Waals surface area contributed by atoms with Crippen molar-refractivity contribution in [2.24, 2.45) is 0 Å². The minimum absolute atomic E-state index is 0.191. The number of rotatable bonds is 1. The molecule has 0 radical (unpaired) electrons. The van der Waals surface area contributed by atoms with Gasteiger partial charge in [0.25, 0.3) is 0 Å². The summed E-state index contributed by atoms with van der Waals surface area (Å²) in [5.41, 5.74) is 0. The summed E-state index contributed by atoms with van der Waals surface area (Å²) in [5, 5.41) is 8.34. The number of carbonyl (C=O) groups is 1. The van der Waals surface area contributed by atoms with Crippen molar-refractivity contribution in [1.29, 1.82) is 0 Å². The molecule has 1 saturated heterocycles. The summed E-state index contributed by atoms with van der Waals surface area (Å²) in [7, 11) is 0. The van der Waals surface area contributed by atoms with Crippen LogP contribution >= 0.6 is 0 Å². The Balaban J connectivity index is 2.54. The van der Waals surface area contributed by atoms with Gasteiger partial charge in [0, 0.05) is 6.42 Å². The molecule has 4 heteroatoms. The molecule has 1 heterocycles. The van der Waals surface area contributed by atoms with Crippen LogP contribution in [-0.4, -0.2) is 29.5 Å². The highest BCUT2D eigenvalue weighted by Gasteiger charge is 2.38. The average molecular weight is 148 g/mol. The Morgan fingerprint density at radius 3 is 2.60 bits per heavy atom. The number of carboxylic acid groups (broad SMARTS) is 1. The zero-order valence-corrected chi connectivity index (χ0v) is 5.58.